The Morgan fingerprint density at radius 1 is 1.38 bits per heavy atom. The van der Waals surface area contributed by atoms with Crippen LogP contribution in [0.15, 0.2) is 24.3 Å². The maximum Gasteiger partial charge on any atom is 0.221 e. The molecule has 0 bridgehead atoms. The van der Waals surface area contributed by atoms with Gasteiger partial charge in [0, 0.05) is 6.42 Å². The fourth-order valence-electron chi connectivity index (χ4n) is 1.53. The van der Waals surface area contributed by atoms with Gasteiger partial charge in [-0.05, 0) is 49.4 Å². The quantitative estimate of drug-likeness (QED) is 0.570. The summed E-state index contributed by atoms with van der Waals surface area (Å²) in [5.74, 6) is 0. The molecule has 0 aliphatic carbocycles. The molecule has 0 aliphatic rings. The van der Waals surface area contributed by atoms with Gasteiger partial charge in [-0.3, -0.25) is 4.79 Å². The van der Waals surface area contributed by atoms with Gasteiger partial charge in [-0.2, -0.15) is 0 Å². The van der Waals surface area contributed by atoms with Gasteiger partial charge in [0.1, 0.15) is 0 Å². The molecule has 0 aromatic heterocycles. The first kappa shape index (κ1) is 13.5. The van der Waals surface area contributed by atoms with Crippen LogP contribution < -0.4 is 0 Å². The topological polar surface area (TPSA) is 17.1 Å². The molecule has 0 heterocycles. The fourth-order valence-corrected chi connectivity index (χ4v) is 1.78. The van der Waals surface area contributed by atoms with Gasteiger partial charge in [0.2, 0.25) is 5.24 Å². The van der Waals surface area contributed by atoms with Gasteiger partial charge in [0.05, 0.1) is 4.87 Å². The molecular weight excluding hydrogens is 243 g/mol. The van der Waals surface area contributed by atoms with Crippen molar-refractivity contribution in [2.75, 3.05) is 0 Å². The molecule has 0 N–H and O–H groups in total. The molecule has 0 atom stereocenters. The van der Waals surface area contributed by atoms with Crippen molar-refractivity contribution in [2.45, 2.75) is 38.0 Å². The highest BCUT2D eigenvalue weighted by Gasteiger charge is 2.16. The first-order valence-corrected chi connectivity index (χ1v) is 6.12. The van der Waals surface area contributed by atoms with Gasteiger partial charge in [0.25, 0.3) is 0 Å². The Bertz CT molecular complexity index is 366. The fraction of sp³-hybridized carbons (Fsp3) is 0.462. The van der Waals surface area contributed by atoms with Crippen LogP contribution >= 0.6 is 23.2 Å². The standard InChI is InChI=1S/C13H16Cl2O/c1-13(2,15)11-7-3-5-10(9-11)6-4-8-12(14)16/h3,5,7,9H,4,6,8H2,1-2H3. The predicted octanol–water partition coefficient (Wildman–Crippen LogP) is 4.25. The molecule has 3 heteroatoms. The summed E-state index contributed by atoms with van der Waals surface area (Å²) in [5, 5.41) is -0.270. The lowest BCUT2D eigenvalue weighted by atomic mass is 9.98. The Kier molecular flexibility index (Phi) is 4.82. The minimum atomic E-state index is -0.349. The van der Waals surface area contributed by atoms with Crippen LogP contribution in [0, 0.1) is 0 Å². The van der Waals surface area contributed by atoms with Crippen LogP contribution in [0.1, 0.15) is 37.8 Å². The summed E-state index contributed by atoms with van der Waals surface area (Å²) >= 11 is 11.5. The molecule has 0 unspecified atom stereocenters. The van der Waals surface area contributed by atoms with E-state index in [1.807, 2.05) is 32.0 Å². The van der Waals surface area contributed by atoms with Crippen LogP contribution in [0.25, 0.3) is 0 Å². The van der Waals surface area contributed by atoms with Crippen LogP contribution in [0.3, 0.4) is 0 Å². The molecular formula is C13H16Cl2O. The largest absolute Gasteiger partial charge is 0.281 e. The van der Waals surface area contributed by atoms with Gasteiger partial charge in [-0.25, -0.2) is 0 Å². The Labute approximate surface area is 107 Å². The highest BCUT2D eigenvalue weighted by molar-refractivity contribution is 6.63. The molecule has 1 nitrogen and oxygen atoms in total. The molecule has 0 fully saturated rings. The molecule has 88 valence electrons. The number of hydrogen-bond acceptors (Lipinski definition) is 1. The molecule has 1 rings (SSSR count). The second kappa shape index (κ2) is 5.70. The molecule has 0 radical (unpaired) electrons. The SMILES string of the molecule is CC(C)(Cl)c1cccc(CCCC(=O)Cl)c1. The maximum atomic E-state index is 10.6. The number of benzene rings is 1. The Morgan fingerprint density at radius 3 is 2.62 bits per heavy atom. The first-order chi connectivity index (χ1) is 7.39. The summed E-state index contributed by atoms with van der Waals surface area (Å²) in [7, 11) is 0. The van der Waals surface area contributed by atoms with Crippen molar-refractivity contribution in [3.05, 3.63) is 35.4 Å². The zero-order valence-corrected chi connectivity index (χ0v) is 11.1. The molecule has 0 aliphatic heterocycles. The number of carbonyl (C=O) groups excluding carboxylic acids is 1. The number of rotatable bonds is 5. The van der Waals surface area contributed by atoms with Gasteiger partial charge >= 0.3 is 0 Å². The minimum Gasteiger partial charge on any atom is -0.281 e. The van der Waals surface area contributed by atoms with E-state index in [2.05, 4.69) is 6.07 Å². The van der Waals surface area contributed by atoms with E-state index in [4.69, 9.17) is 23.2 Å². The minimum absolute atomic E-state index is 0.270. The lowest BCUT2D eigenvalue weighted by Gasteiger charge is -2.17. The average Bonchev–Trinajstić information content (AvgIpc) is 2.16. The second-order valence-electron chi connectivity index (χ2n) is 4.38. The lowest BCUT2D eigenvalue weighted by Crippen LogP contribution is -2.07. The van der Waals surface area contributed by atoms with Crippen molar-refractivity contribution in [3.63, 3.8) is 0 Å². The van der Waals surface area contributed by atoms with Crippen LogP contribution in [0.4, 0.5) is 0 Å². The number of alkyl halides is 1. The van der Waals surface area contributed by atoms with Gasteiger partial charge < -0.3 is 0 Å². The van der Waals surface area contributed by atoms with Crippen LogP contribution in [-0.2, 0) is 16.1 Å². The summed E-state index contributed by atoms with van der Waals surface area (Å²) in [4.78, 5) is 10.3. The monoisotopic (exact) mass is 258 g/mol. The van der Waals surface area contributed by atoms with E-state index >= 15 is 0 Å². The highest BCUT2D eigenvalue weighted by Crippen LogP contribution is 2.28. The predicted molar refractivity (Wildman–Crippen MR) is 69.1 cm³/mol. The first-order valence-electron chi connectivity index (χ1n) is 5.36. The maximum absolute atomic E-state index is 10.6. The summed E-state index contributed by atoms with van der Waals surface area (Å²) < 4.78 is 0. The molecule has 0 amide bonds. The zero-order valence-electron chi connectivity index (χ0n) is 9.59. The van der Waals surface area contributed by atoms with Crippen LogP contribution in [-0.4, -0.2) is 5.24 Å². The normalized spacial score (nSPS) is 11.5. The Morgan fingerprint density at radius 2 is 2.06 bits per heavy atom. The van der Waals surface area contributed by atoms with E-state index in [9.17, 15) is 4.79 Å². The number of halogens is 2. The third kappa shape index (κ3) is 4.54. The molecule has 0 saturated carbocycles. The van der Waals surface area contributed by atoms with E-state index in [0.29, 0.717) is 6.42 Å². The van der Waals surface area contributed by atoms with E-state index in [1.165, 1.54) is 5.56 Å². The number of hydrogen-bond donors (Lipinski definition) is 0. The zero-order chi connectivity index (χ0) is 12.2. The second-order valence-corrected chi connectivity index (χ2v) is 5.75. The van der Waals surface area contributed by atoms with Crippen molar-refractivity contribution in [2.24, 2.45) is 0 Å². The van der Waals surface area contributed by atoms with E-state index in [-0.39, 0.29) is 10.1 Å². The van der Waals surface area contributed by atoms with Crippen molar-refractivity contribution >= 4 is 28.4 Å². The Hall–Kier alpha value is -0.530. The molecule has 1 aromatic carbocycles. The summed E-state index contributed by atoms with van der Waals surface area (Å²) in [5.41, 5.74) is 2.30. The van der Waals surface area contributed by atoms with E-state index in [1.54, 1.807) is 0 Å². The van der Waals surface area contributed by atoms with E-state index < -0.39 is 0 Å². The van der Waals surface area contributed by atoms with Crippen LogP contribution in [0.2, 0.25) is 0 Å². The smallest absolute Gasteiger partial charge is 0.221 e. The lowest BCUT2D eigenvalue weighted by molar-refractivity contribution is -0.111. The van der Waals surface area contributed by atoms with Gasteiger partial charge in [0.15, 0.2) is 0 Å². The molecule has 16 heavy (non-hydrogen) atoms. The summed E-state index contributed by atoms with van der Waals surface area (Å²) in [6, 6.07) is 8.15. The molecule has 0 spiro atoms. The average molecular weight is 259 g/mol. The summed E-state index contributed by atoms with van der Waals surface area (Å²) in [6.45, 7) is 3.94. The van der Waals surface area contributed by atoms with Crippen molar-refractivity contribution in [3.8, 4) is 0 Å². The molecule has 0 saturated heterocycles. The number of carbonyl (C=O) groups is 1. The third-order valence-electron chi connectivity index (χ3n) is 2.45. The Balaban J connectivity index is 2.64. The number of aryl methyl sites for hydroxylation is 1. The van der Waals surface area contributed by atoms with Crippen molar-refractivity contribution in [1.29, 1.82) is 0 Å². The van der Waals surface area contributed by atoms with E-state index in [0.717, 1.165) is 18.4 Å². The van der Waals surface area contributed by atoms with Gasteiger partial charge in [-0.15, -0.1) is 11.6 Å². The van der Waals surface area contributed by atoms with Crippen molar-refractivity contribution < 1.29 is 4.79 Å². The highest BCUT2D eigenvalue weighted by atomic mass is 35.5. The third-order valence-corrected chi connectivity index (χ3v) is 2.86. The van der Waals surface area contributed by atoms with Crippen LogP contribution in [0.5, 0.6) is 0 Å². The summed E-state index contributed by atoms with van der Waals surface area (Å²) in [6.07, 6.45) is 2.07. The van der Waals surface area contributed by atoms with Crippen molar-refractivity contribution in [1.82, 2.24) is 0 Å². The molecule has 1 aromatic rings. The van der Waals surface area contributed by atoms with Gasteiger partial charge in [-0.1, -0.05) is 24.3 Å².